The van der Waals surface area contributed by atoms with Gasteiger partial charge in [0.05, 0.1) is 32.0 Å². The molecule has 0 fully saturated rings. The molecule has 2 aromatic carbocycles. The van der Waals surface area contributed by atoms with Gasteiger partial charge >= 0.3 is 0 Å². The molecule has 0 aromatic heterocycles. The highest BCUT2D eigenvalue weighted by Crippen LogP contribution is 2.40. The van der Waals surface area contributed by atoms with E-state index < -0.39 is 5.82 Å². The summed E-state index contributed by atoms with van der Waals surface area (Å²) in [5.74, 6) is 0.841. The molecule has 1 amide bonds. The third-order valence-corrected chi connectivity index (χ3v) is 3.93. The summed E-state index contributed by atoms with van der Waals surface area (Å²) in [7, 11) is 4.59. The summed E-state index contributed by atoms with van der Waals surface area (Å²) in [6, 6.07) is 7.38. The average Bonchev–Trinajstić information content (AvgIpc) is 2.61. The monoisotopic (exact) mass is 367 g/mol. The van der Waals surface area contributed by atoms with E-state index in [2.05, 4.69) is 5.32 Å². The Morgan fingerprint density at radius 1 is 1.08 bits per heavy atom. The molecule has 0 atom stereocenters. The Labute approximate surface area is 150 Å². The van der Waals surface area contributed by atoms with Gasteiger partial charge in [0, 0.05) is 6.42 Å². The van der Waals surface area contributed by atoms with Crippen molar-refractivity contribution < 1.29 is 23.4 Å². The summed E-state index contributed by atoms with van der Waals surface area (Å²) < 4.78 is 29.0. The first-order chi connectivity index (χ1) is 12.0. The summed E-state index contributed by atoms with van der Waals surface area (Å²) in [6.07, 6.45) is 0.619. The first kappa shape index (κ1) is 18.9. The maximum atomic E-state index is 13.0. The van der Waals surface area contributed by atoms with E-state index in [1.165, 1.54) is 33.5 Å². The van der Waals surface area contributed by atoms with Gasteiger partial charge in [0.25, 0.3) is 0 Å². The van der Waals surface area contributed by atoms with Gasteiger partial charge in [-0.25, -0.2) is 4.39 Å². The van der Waals surface area contributed by atoms with E-state index in [9.17, 15) is 9.18 Å². The van der Waals surface area contributed by atoms with Crippen molar-refractivity contribution in [1.29, 1.82) is 0 Å². The second kappa shape index (κ2) is 8.58. The molecular weight excluding hydrogens is 349 g/mol. The number of methoxy groups -OCH3 is 3. The first-order valence-electron chi connectivity index (χ1n) is 7.53. The molecule has 1 N–H and O–H groups in total. The lowest BCUT2D eigenvalue weighted by atomic mass is 10.1. The minimum atomic E-state index is -0.460. The van der Waals surface area contributed by atoms with E-state index in [4.69, 9.17) is 25.8 Å². The van der Waals surface area contributed by atoms with Crippen molar-refractivity contribution in [3.63, 3.8) is 0 Å². The highest BCUT2D eigenvalue weighted by Gasteiger charge is 2.16. The van der Waals surface area contributed by atoms with Crippen LogP contribution in [0.1, 0.15) is 12.0 Å². The number of carbonyl (C=O) groups is 1. The van der Waals surface area contributed by atoms with Crippen molar-refractivity contribution in [2.24, 2.45) is 0 Å². The molecule has 0 unspecified atom stereocenters. The maximum absolute atomic E-state index is 13.0. The van der Waals surface area contributed by atoms with Crippen molar-refractivity contribution in [3.05, 3.63) is 46.7 Å². The smallest absolute Gasteiger partial charge is 0.224 e. The van der Waals surface area contributed by atoms with Gasteiger partial charge < -0.3 is 19.5 Å². The highest BCUT2D eigenvalue weighted by atomic mass is 35.5. The number of amides is 1. The number of hydrogen-bond donors (Lipinski definition) is 1. The van der Waals surface area contributed by atoms with Crippen molar-refractivity contribution in [1.82, 2.24) is 0 Å². The summed E-state index contributed by atoms with van der Waals surface area (Å²) in [4.78, 5) is 12.1. The van der Waals surface area contributed by atoms with Gasteiger partial charge in [-0.05, 0) is 36.2 Å². The standard InChI is InChI=1S/C18H19ClFNO4/c1-23-15-8-4-11(17(24-2)18(15)25-3)5-9-16(22)21-14-7-6-12(20)10-13(14)19/h4,6-8,10H,5,9H2,1-3H3,(H,21,22). The molecule has 0 radical (unpaired) electrons. The van der Waals surface area contributed by atoms with Gasteiger partial charge in [-0.2, -0.15) is 0 Å². The minimum Gasteiger partial charge on any atom is -0.493 e. The van der Waals surface area contributed by atoms with Crippen LogP contribution in [0.5, 0.6) is 17.2 Å². The molecule has 0 spiro atoms. The Kier molecular flexibility index (Phi) is 6.47. The fourth-order valence-electron chi connectivity index (χ4n) is 2.41. The summed E-state index contributed by atoms with van der Waals surface area (Å²) in [5.41, 5.74) is 1.17. The zero-order valence-corrected chi connectivity index (χ0v) is 14.9. The van der Waals surface area contributed by atoms with Crippen LogP contribution < -0.4 is 19.5 Å². The van der Waals surface area contributed by atoms with E-state index in [1.807, 2.05) is 6.07 Å². The van der Waals surface area contributed by atoms with Crippen LogP contribution in [-0.2, 0) is 11.2 Å². The highest BCUT2D eigenvalue weighted by molar-refractivity contribution is 6.33. The summed E-state index contributed by atoms with van der Waals surface area (Å²) in [5, 5.41) is 2.81. The molecule has 0 aliphatic rings. The van der Waals surface area contributed by atoms with E-state index in [-0.39, 0.29) is 17.4 Å². The van der Waals surface area contributed by atoms with Crippen LogP contribution in [0.3, 0.4) is 0 Å². The topological polar surface area (TPSA) is 56.8 Å². The van der Waals surface area contributed by atoms with E-state index in [0.29, 0.717) is 29.4 Å². The maximum Gasteiger partial charge on any atom is 0.224 e. The van der Waals surface area contributed by atoms with Gasteiger partial charge in [0.2, 0.25) is 11.7 Å². The molecule has 0 heterocycles. The lowest BCUT2D eigenvalue weighted by molar-refractivity contribution is -0.116. The van der Waals surface area contributed by atoms with Gasteiger partial charge in [0.1, 0.15) is 5.82 Å². The third-order valence-electron chi connectivity index (χ3n) is 3.61. The molecule has 0 bridgehead atoms. The predicted molar refractivity (Wildman–Crippen MR) is 94.5 cm³/mol. The van der Waals surface area contributed by atoms with Gasteiger partial charge in [-0.3, -0.25) is 4.79 Å². The van der Waals surface area contributed by atoms with Gasteiger partial charge in [-0.15, -0.1) is 0 Å². The average molecular weight is 368 g/mol. The summed E-state index contributed by atoms with van der Waals surface area (Å²) in [6.45, 7) is 0. The van der Waals surface area contributed by atoms with Gasteiger partial charge in [-0.1, -0.05) is 17.7 Å². The predicted octanol–water partition coefficient (Wildman–Crippen LogP) is 4.08. The zero-order chi connectivity index (χ0) is 18.4. The first-order valence-corrected chi connectivity index (χ1v) is 7.90. The number of nitrogens with one attached hydrogen (secondary N) is 1. The largest absolute Gasteiger partial charge is 0.493 e. The molecule has 7 heteroatoms. The van der Waals surface area contributed by atoms with E-state index >= 15 is 0 Å². The fraction of sp³-hybridized carbons (Fsp3) is 0.278. The van der Waals surface area contributed by atoms with Crippen LogP contribution in [0.4, 0.5) is 10.1 Å². The number of rotatable bonds is 7. The van der Waals surface area contributed by atoms with Crippen molar-refractivity contribution in [2.75, 3.05) is 26.6 Å². The third kappa shape index (κ3) is 4.54. The van der Waals surface area contributed by atoms with Crippen LogP contribution in [0.25, 0.3) is 0 Å². The number of benzene rings is 2. The van der Waals surface area contributed by atoms with Crippen LogP contribution in [0.15, 0.2) is 30.3 Å². The summed E-state index contributed by atoms with van der Waals surface area (Å²) >= 11 is 5.91. The SMILES string of the molecule is COc1ccc(CCC(=O)Nc2ccc(F)cc2Cl)c(OC)c1OC. The Morgan fingerprint density at radius 2 is 1.80 bits per heavy atom. The normalized spacial score (nSPS) is 10.3. The Morgan fingerprint density at radius 3 is 2.40 bits per heavy atom. The Bertz CT molecular complexity index is 767. The minimum absolute atomic E-state index is 0.150. The molecule has 0 saturated heterocycles. The molecule has 0 aliphatic heterocycles. The number of halogens is 2. The lowest BCUT2D eigenvalue weighted by Crippen LogP contribution is -2.13. The zero-order valence-electron chi connectivity index (χ0n) is 14.2. The van der Waals surface area contributed by atoms with Crippen LogP contribution >= 0.6 is 11.6 Å². The number of hydrogen-bond acceptors (Lipinski definition) is 4. The molecule has 134 valence electrons. The number of anilines is 1. The van der Waals surface area contributed by atoms with E-state index in [1.54, 1.807) is 6.07 Å². The second-order valence-corrected chi connectivity index (χ2v) is 5.57. The lowest BCUT2D eigenvalue weighted by Gasteiger charge is -2.15. The van der Waals surface area contributed by atoms with Crippen LogP contribution in [0.2, 0.25) is 5.02 Å². The second-order valence-electron chi connectivity index (χ2n) is 5.17. The van der Waals surface area contributed by atoms with Crippen molar-refractivity contribution in [3.8, 4) is 17.2 Å². The van der Waals surface area contributed by atoms with Gasteiger partial charge in [0.15, 0.2) is 11.5 Å². The molecule has 2 aromatic rings. The number of carbonyl (C=O) groups excluding carboxylic acids is 1. The Balaban J connectivity index is 2.09. The molecule has 2 rings (SSSR count). The number of ether oxygens (including phenoxy) is 3. The van der Waals surface area contributed by atoms with Crippen LogP contribution in [0, 0.1) is 5.82 Å². The number of aryl methyl sites for hydroxylation is 1. The molecule has 0 saturated carbocycles. The molecular formula is C18H19ClFNO4. The van der Waals surface area contributed by atoms with E-state index in [0.717, 1.165) is 11.6 Å². The molecule has 0 aliphatic carbocycles. The molecule has 5 nitrogen and oxygen atoms in total. The molecule has 25 heavy (non-hydrogen) atoms. The fourth-order valence-corrected chi connectivity index (χ4v) is 2.63. The van der Waals surface area contributed by atoms with Crippen LogP contribution in [-0.4, -0.2) is 27.2 Å². The van der Waals surface area contributed by atoms with Crippen molar-refractivity contribution in [2.45, 2.75) is 12.8 Å². The van der Waals surface area contributed by atoms with Crippen molar-refractivity contribution >= 4 is 23.2 Å². The Hall–Kier alpha value is -2.47. The quantitative estimate of drug-likeness (QED) is 0.801.